The number of likely N-dealkylation sites (tertiary alicyclic amines) is 1. The first kappa shape index (κ1) is 19.9. The number of alkyl halides is 2. The topological polar surface area (TPSA) is 60.4 Å². The standard InChI is InChI=1S/C18H24F2N2O4/c1-13(17(23)22-9-5-3-4-6-10-22)26-21-12-14-7-8-15(25-18(19)20)16(11-14)24-2/h7-8,11-13,18H,3-6,9-10H2,1-2H3. The molecule has 0 radical (unpaired) electrons. The summed E-state index contributed by atoms with van der Waals surface area (Å²) in [6, 6.07) is 4.39. The summed E-state index contributed by atoms with van der Waals surface area (Å²) < 4.78 is 34.0. The number of methoxy groups -OCH3 is 1. The van der Waals surface area contributed by atoms with Gasteiger partial charge < -0.3 is 19.2 Å². The highest BCUT2D eigenvalue weighted by atomic mass is 19.3. The van der Waals surface area contributed by atoms with E-state index in [0.717, 1.165) is 38.8 Å². The van der Waals surface area contributed by atoms with E-state index in [9.17, 15) is 13.6 Å². The van der Waals surface area contributed by atoms with E-state index in [2.05, 4.69) is 9.89 Å². The molecular formula is C18H24F2N2O4. The van der Waals surface area contributed by atoms with Gasteiger partial charge in [-0.1, -0.05) is 18.0 Å². The maximum absolute atomic E-state index is 12.4. The Morgan fingerprint density at radius 2 is 1.88 bits per heavy atom. The van der Waals surface area contributed by atoms with E-state index in [1.165, 1.54) is 31.5 Å². The molecule has 0 aromatic heterocycles. The molecule has 1 aromatic carbocycles. The van der Waals surface area contributed by atoms with Crippen LogP contribution in [-0.4, -0.2) is 49.9 Å². The van der Waals surface area contributed by atoms with Crippen molar-refractivity contribution >= 4 is 12.1 Å². The van der Waals surface area contributed by atoms with Gasteiger partial charge in [0.1, 0.15) is 0 Å². The molecule has 8 heteroatoms. The third-order valence-electron chi connectivity index (χ3n) is 4.09. The van der Waals surface area contributed by atoms with E-state index in [4.69, 9.17) is 9.57 Å². The summed E-state index contributed by atoms with van der Waals surface area (Å²) in [5.41, 5.74) is 0.567. The van der Waals surface area contributed by atoms with Crippen LogP contribution < -0.4 is 9.47 Å². The Balaban J connectivity index is 1.93. The molecule has 0 bridgehead atoms. The highest BCUT2D eigenvalue weighted by Gasteiger charge is 2.22. The van der Waals surface area contributed by atoms with Crippen LogP contribution in [0.3, 0.4) is 0 Å². The van der Waals surface area contributed by atoms with Gasteiger partial charge >= 0.3 is 6.61 Å². The van der Waals surface area contributed by atoms with Gasteiger partial charge in [-0.2, -0.15) is 8.78 Å². The molecule has 1 unspecified atom stereocenters. The number of halogens is 2. The number of benzene rings is 1. The maximum Gasteiger partial charge on any atom is 0.387 e. The summed E-state index contributed by atoms with van der Waals surface area (Å²) in [6.07, 6.45) is 5.01. The van der Waals surface area contributed by atoms with Crippen molar-refractivity contribution in [1.82, 2.24) is 4.90 Å². The van der Waals surface area contributed by atoms with Gasteiger partial charge in [-0.05, 0) is 38.0 Å². The van der Waals surface area contributed by atoms with Crippen molar-refractivity contribution < 1.29 is 27.9 Å². The van der Waals surface area contributed by atoms with E-state index in [1.54, 1.807) is 6.92 Å². The number of ether oxygens (including phenoxy) is 2. The average Bonchev–Trinajstić information content (AvgIpc) is 2.91. The molecule has 1 aromatic rings. The summed E-state index contributed by atoms with van der Waals surface area (Å²) in [6.45, 7) is 0.223. The summed E-state index contributed by atoms with van der Waals surface area (Å²) >= 11 is 0. The second kappa shape index (κ2) is 9.94. The third kappa shape index (κ3) is 5.86. The predicted octanol–water partition coefficient (Wildman–Crippen LogP) is 3.44. The van der Waals surface area contributed by atoms with Crippen LogP contribution in [0, 0.1) is 0 Å². The lowest BCUT2D eigenvalue weighted by Gasteiger charge is -2.22. The number of amides is 1. The molecule has 1 fully saturated rings. The number of carbonyl (C=O) groups excluding carboxylic acids is 1. The number of carbonyl (C=O) groups is 1. The van der Waals surface area contributed by atoms with E-state index in [1.807, 2.05) is 4.90 Å². The van der Waals surface area contributed by atoms with Gasteiger partial charge in [-0.3, -0.25) is 4.79 Å². The average molecular weight is 370 g/mol. The maximum atomic E-state index is 12.4. The molecule has 1 aliphatic rings. The van der Waals surface area contributed by atoms with Crippen LogP contribution in [0.25, 0.3) is 0 Å². The van der Waals surface area contributed by atoms with Crippen molar-refractivity contribution in [2.45, 2.75) is 45.3 Å². The molecule has 26 heavy (non-hydrogen) atoms. The van der Waals surface area contributed by atoms with Crippen molar-refractivity contribution in [3.63, 3.8) is 0 Å². The second-order valence-electron chi connectivity index (χ2n) is 6.01. The Hall–Kier alpha value is -2.38. The summed E-state index contributed by atoms with van der Waals surface area (Å²) in [4.78, 5) is 19.4. The van der Waals surface area contributed by atoms with Gasteiger partial charge in [0, 0.05) is 18.7 Å². The molecule has 6 nitrogen and oxygen atoms in total. The number of hydrogen-bond donors (Lipinski definition) is 0. The Morgan fingerprint density at radius 1 is 1.19 bits per heavy atom. The molecule has 0 N–H and O–H groups in total. The molecule has 144 valence electrons. The number of nitrogens with zero attached hydrogens (tertiary/aromatic N) is 2. The Morgan fingerprint density at radius 3 is 2.50 bits per heavy atom. The lowest BCUT2D eigenvalue weighted by molar-refractivity contribution is -0.142. The molecule has 1 aliphatic heterocycles. The first-order valence-electron chi connectivity index (χ1n) is 8.62. The van der Waals surface area contributed by atoms with Gasteiger partial charge in [0.15, 0.2) is 11.5 Å². The third-order valence-corrected chi connectivity index (χ3v) is 4.09. The highest BCUT2D eigenvalue weighted by molar-refractivity contribution is 5.82. The highest BCUT2D eigenvalue weighted by Crippen LogP contribution is 2.28. The lowest BCUT2D eigenvalue weighted by Crippen LogP contribution is -2.39. The summed E-state index contributed by atoms with van der Waals surface area (Å²) in [5.74, 6) is 0.00975. The smallest absolute Gasteiger partial charge is 0.387 e. The van der Waals surface area contributed by atoms with Crippen LogP contribution in [-0.2, 0) is 9.63 Å². The number of rotatable bonds is 7. The fourth-order valence-electron chi connectivity index (χ4n) is 2.73. The number of hydrogen-bond acceptors (Lipinski definition) is 5. The summed E-state index contributed by atoms with van der Waals surface area (Å²) in [5, 5.41) is 3.83. The van der Waals surface area contributed by atoms with E-state index < -0.39 is 12.7 Å². The molecule has 0 aliphatic carbocycles. The Kier molecular flexibility index (Phi) is 7.62. The second-order valence-corrected chi connectivity index (χ2v) is 6.01. The van der Waals surface area contributed by atoms with Gasteiger partial charge in [0.05, 0.1) is 13.3 Å². The zero-order chi connectivity index (χ0) is 18.9. The van der Waals surface area contributed by atoms with Gasteiger partial charge in [0.2, 0.25) is 6.10 Å². The van der Waals surface area contributed by atoms with Crippen LogP contribution in [0.4, 0.5) is 8.78 Å². The molecular weight excluding hydrogens is 346 g/mol. The normalized spacial score (nSPS) is 16.4. The van der Waals surface area contributed by atoms with Crippen LogP contribution in [0.2, 0.25) is 0 Å². The van der Waals surface area contributed by atoms with Crippen LogP contribution in [0.15, 0.2) is 23.4 Å². The predicted molar refractivity (Wildman–Crippen MR) is 92.8 cm³/mol. The molecule has 1 saturated heterocycles. The van der Waals surface area contributed by atoms with Crippen LogP contribution >= 0.6 is 0 Å². The van der Waals surface area contributed by atoms with Crippen molar-refractivity contribution in [2.75, 3.05) is 20.2 Å². The zero-order valence-electron chi connectivity index (χ0n) is 15.0. The minimum Gasteiger partial charge on any atom is -0.493 e. The SMILES string of the molecule is COc1cc(C=NOC(C)C(=O)N2CCCCCC2)ccc1OC(F)F. The van der Waals surface area contributed by atoms with E-state index in [0.29, 0.717) is 5.56 Å². The van der Waals surface area contributed by atoms with Crippen molar-refractivity contribution in [1.29, 1.82) is 0 Å². The van der Waals surface area contributed by atoms with E-state index >= 15 is 0 Å². The van der Waals surface area contributed by atoms with Gasteiger partial charge in [-0.15, -0.1) is 0 Å². The molecule has 0 saturated carbocycles. The monoisotopic (exact) mass is 370 g/mol. The lowest BCUT2D eigenvalue weighted by atomic mass is 10.2. The van der Waals surface area contributed by atoms with Crippen molar-refractivity contribution in [3.8, 4) is 11.5 Å². The van der Waals surface area contributed by atoms with Gasteiger partial charge in [0.25, 0.3) is 5.91 Å². The largest absolute Gasteiger partial charge is 0.493 e. The summed E-state index contributed by atoms with van der Waals surface area (Å²) in [7, 11) is 1.35. The van der Waals surface area contributed by atoms with Crippen molar-refractivity contribution in [3.05, 3.63) is 23.8 Å². The minimum absolute atomic E-state index is 0.0646. The fraction of sp³-hybridized carbons (Fsp3) is 0.556. The minimum atomic E-state index is -2.93. The first-order chi connectivity index (χ1) is 12.5. The van der Waals surface area contributed by atoms with Crippen molar-refractivity contribution in [2.24, 2.45) is 5.16 Å². The molecule has 1 amide bonds. The Labute approximate surface area is 151 Å². The van der Waals surface area contributed by atoms with Gasteiger partial charge in [-0.25, -0.2) is 0 Å². The number of oxime groups is 1. The Bertz CT molecular complexity index is 617. The molecule has 1 atom stereocenters. The van der Waals surface area contributed by atoms with Crippen LogP contribution in [0.5, 0.6) is 11.5 Å². The quantitative estimate of drug-likeness (QED) is 0.545. The van der Waals surface area contributed by atoms with E-state index in [-0.39, 0.29) is 17.4 Å². The fourth-order valence-corrected chi connectivity index (χ4v) is 2.73. The molecule has 2 rings (SSSR count). The molecule has 1 heterocycles. The van der Waals surface area contributed by atoms with Crippen LogP contribution in [0.1, 0.15) is 38.2 Å². The first-order valence-corrected chi connectivity index (χ1v) is 8.62. The zero-order valence-corrected chi connectivity index (χ0v) is 15.0. The molecule has 0 spiro atoms.